The maximum absolute atomic E-state index is 12.8. The van der Waals surface area contributed by atoms with Crippen molar-refractivity contribution in [3.05, 3.63) is 53.6 Å². The highest BCUT2D eigenvalue weighted by Crippen LogP contribution is 2.32. The third kappa shape index (κ3) is 4.77. The average Bonchev–Trinajstić information content (AvgIpc) is 2.79. The first kappa shape index (κ1) is 20.7. The van der Waals surface area contributed by atoms with Crippen molar-refractivity contribution in [2.45, 2.75) is 10.9 Å². The molecular weight excluding hydrogens is 402 g/mol. The summed E-state index contributed by atoms with van der Waals surface area (Å²) in [5.74, 6) is 1.01. The number of nitrogens with zero attached hydrogens (tertiary/aromatic N) is 1. The second kappa shape index (κ2) is 9.51. The molecule has 0 unspecified atom stereocenters. The zero-order valence-corrected chi connectivity index (χ0v) is 17.7. The van der Waals surface area contributed by atoms with Crippen LogP contribution in [-0.4, -0.2) is 62.4 Å². The molecule has 0 spiro atoms. The summed E-state index contributed by atoms with van der Waals surface area (Å²) >= 11 is 1.48. The van der Waals surface area contributed by atoms with Crippen LogP contribution in [0, 0.1) is 0 Å². The number of rotatable bonds is 6. The van der Waals surface area contributed by atoms with Gasteiger partial charge in [0.15, 0.2) is 0 Å². The molecule has 0 aliphatic carbocycles. The minimum Gasteiger partial charge on any atom is -0.497 e. The number of hydrogen-bond acceptors (Lipinski definition) is 6. The molecule has 2 aliphatic rings. The highest BCUT2D eigenvalue weighted by molar-refractivity contribution is 8.00. The van der Waals surface area contributed by atoms with E-state index in [0.29, 0.717) is 36.8 Å². The SMILES string of the molecule is COc1ccc([C@@H](CNC(=O)c2ccc3c(c2)NC(=O)CS3)N2CCOCC2)cc1. The number of morpholine rings is 1. The molecule has 2 aromatic carbocycles. The number of amides is 2. The summed E-state index contributed by atoms with van der Waals surface area (Å²) < 4.78 is 10.8. The summed E-state index contributed by atoms with van der Waals surface area (Å²) in [5, 5.41) is 5.90. The molecule has 1 saturated heterocycles. The van der Waals surface area contributed by atoms with Crippen LogP contribution in [0.3, 0.4) is 0 Å². The number of thioether (sulfide) groups is 1. The summed E-state index contributed by atoms with van der Waals surface area (Å²) in [6.07, 6.45) is 0. The molecule has 7 nitrogen and oxygen atoms in total. The van der Waals surface area contributed by atoms with E-state index in [1.807, 2.05) is 30.3 Å². The number of benzene rings is 2. The molecule has 158 valence electrons. The van der Waals surface area contributed by atoms with Gasteiger partial charge in [-0.3, -0.25) is 14.5 Å². The first-order valence-corrected chi connectivity index (χ1v) is 10.9. The number of hydrogen-bond donors (Lipinski definition) is 2. The lowest BCUT2D eigenvalue weighted by molar-refractivity contribution is -0.113. The van der Waals surface area contributed by atoms with E-state index >= 15 is 0 Å². The first-order valence-electron chi connectivity index (χ1n) is 9.94. The van der Waals surface area contributed by atoms with Gasteiger partial charge in [0, 0.05) is 30.1 Å². The van der Waals surface area contributed by atoms with E-state index in [-0.39, 0.29) is 17.9 Å². The van der Waals surface area contributed by atoms with Gasteiger partial charge in [-0.05, 0) is 35.9 Å². The lowest BCUT2D eigenvalue weighted by Crippen LogP contribution is -2.43. The molecule has 2 N–H and O–H groups in total. The third-order valence-electron chi connectivity index (χ3n) is 5.32. The zero-order chi connectivity index (χ0) is 20.9. The predicted octanol–water partition coefficient (Wildman–Crippen LogP) is 2.54. The third-order valence-corrected chi connectivity index (χ3v) is 6.39. The molecule has 2 amide bonds. The van der Waals surface area contributed by atoms with Gasteiger partial charge in [-0.25, -0.2) is 0 Å². The summed E-state index contributed by atoms with van der Waals surface area (Å²) in [7, 11) is 1.65. The Hall–Kier alpha value is -2.55. The maximum Gasteiger partial charge on any atom is 0.251 e. The fraction of sp³-hybridized carbons (Fsp3) is 0.364. The Morgan fingerprint density at radius 3 is 2.73 bits per heavy atom. The lowest BCUT2D eigenvalue weighted by Gasteiger charge is -2.35. The molecule has 0 radical (unpaired) electrons. The molecule has 30 heavy (non-hydrogen) atoms. The van der Waals surface area contributed by atoms with Gasteiger partial charge < -0.3 is 20.1 Å². The summed E-state index contributed by atoms with van der Waals surface area (Å²) in [4.78, 5) is 27.8. The quantitative estimate of drug-likeness (QED) is 0.738. The number of ether oxygens (including phenoxy) is 2. The van der Waals surface area contributed by atoms with Crippen molar-refractivity contribution in [2.75, 3.05) is 51.0 Å². The van der Waals surface area contributed by atoms with Crippen LogP contribution in [0.15, 0.2) is 47.4 Å². The second-order valence-electron chi connectivity index (χ2n) is 7.20. The topological polar surface area (TPSA) is 79.9 Å². The van der Waals surface area contributed by atoms with E-state index in [1.165, 1.54) is 11.8 Å². The Labute approximate surface area is 180 Å². The number of methoxy groups -OCH3 is 1. The molecule has 2 aliphatic heterocycles. The van der Waals surface area contributed by atoms with Crippen molar-refractivity contribution >= 4 is 29.3 Å². The van der Waals surface area contributed by atoms with Gasteiger partial charge in [-0.1, -0.05) is 12.1 Å². The van der Waals surface area contributed by atoms with Crippen molar-refractivity contribution in [1.82, 2.24) is 10.2 Å². The van der Waals surface area contributed by atoms with Crippen molar-refractivity contribution in [2.24, 2.45) is 0 Å². The zero-order valence-electron chi connectivity index (χ0n) is 16.8. The fourth-order valence-electron chi connectivity index (χ4n) is 3.69. The molecule has 1 fully saturated rings. The highest BCUT2D eigenvalue weighted by Gasteiger charge is 2.24. The Balaban J connectivity index is 1.48. The molecule has 1 atom stereocenters. The standard InChI is InChI=1S/C22H25N3O4S/c1-28-17-5-2-15(3-6-17)19(25-8-10-29-11-9-25)13-23-22(27)16-4-7-20-18(12-16)24-21(26)14-30-20/h2-7,12,19H,8-11,13-14H2,1H3,(H,23,27)(H,24,26)/t19-/m1/s1. The molecule has 8 heteroatoms. The molecule has 2 heterocycles. The summed E-state index contributed by atoms with van der Waals surface area (Å²) in [5.41, 5.74) is 2.35. The van der Waals surface area contributed by atoms with Crippen LogP contribution in [0.1, 0.15) is 22.0 Å². The Morgan fingerprint density at radius 2 is 2.00 bits per heavy atom. The van der Waals surface area contributed by atoms with Crippen LogP contribution < -0.4 is 15.4 Å². The van der Waals surface area contributed by atoms with Crippen molar-refractivity contribution in [1.29, 1.82) is 0 Å². The predicted molar refractivity (Wildman–Crippen MR) is 116 cm³/mol. The normalized spacial score (nSPS) is 17.6. The van der Waals surface area contributed by atoms with Crippen LogP contribution in [0.2, 0.25) is 0 Å². The van der Waals surface area contributed by atoms with Gasteiger partial charge in [-0.2, -0.15) is 0 Å². The lowest BCUT2D eigenvalue weighted by atomic mass is 10.0. The van der Waals surface area contributed by atoms with Crippen LogP contribution in [0.5, 0.6) is 5.75 Å². The highest BCUT2D eigenvalue weighted by atomic mass is 32.2. The number of nitrogens with one attached hydrogen (secondary N) is 2. The molecule has 0 aromatic heterocycles. The monoisotopic (exact) mass is 427 g/mol. The Kier molecular flexibility index (Phi) is 6.56. The van der Waals surface area contributed by atoms with Gasteiger partial charge in [0.25, 0.3) is 5.91 Å². The Bertz CT molecular complexity index is 913. The number of carbonyl (C=O) groups excluding carboxylic acids is 2. The fourth-order valence-corrected chi connectivity index (χ4v) is 4.48. The smallest absolute Gasteiger partial charge is 0.251 e. The largest absolute Gasteiger partial charge is 0.497 e. The van der Waals surface area contributed by atoms with Crippen LogP contribution in [0.4, 0.5) is 5.69 Å². The second-order valence-corrected chi connectivity index (χ2v) is 8.21. The van der Waals surface area contributed by atoms with Crippen LogP contribution in [-0.2, 0) is 9.53 Å². The van der Waals surface area contributed by atoms with Gasteiger partial charge >= 0.3 is 0 Å². The molecule has 4 rings (SSSR count). The van der Waals surface area contributed by atoms with Gasteiger partial charge in [-0.15, -0.1) is 11.8 Å². The van der Waals surface area contributed by atoms with Crippen LogP contribution >= 0.6 is 11.8 Å². The first-order chi connectivity index (χ1) is 14.6. The average molecular weight is 428 g/mol. The van der Waals surface area contributed by atoms with Gasteiger partial charge in [0.2, 0.25) is 5.91 Å². The van der Waals surface area contributed by atoms with Crippen LogP contribution in [0.25, 0.3) is 0 Å². The maximum atomic E-state index is 12.8. The summed E-state index contributed by atoms with van der Waals surface area (Å²) in [6.45, 7) is 3.47. The number of fused-ring (bicyclic) bond motifs is 1. The molecule has 0 saturated carbocycles. The Morgan fingerprint density at radius 1 is 1.23 bits per heavy atom. The van der Waals surface area contributed by atoms with E-state index in [2.05, 4.69) is 15.5 Å². The molecular formula is C22H25N3O4S. The summed E-state index contributed by atoms with van der Waals surface area (Å²) in [6, 6.07) is 13.4. The minimum absolute atomic E-state index is 0.0386. The van der Waals surface area contributed by atoms with E-state index in [0.717, 1.165) is 29.3 Å². The van der Waals surface area contributed by atoms with Gasteiger partial charge in [0.05, 0.1) is 37.8 Å². The van der Waals surface area contributed by atoms with E-state index in [4.69, 9.17) is 9.47 Å². The number of carbonyl (C=O) groups is 2. The van der Waals surface area contributed by atoms with Crippen molar-refractivity contribution < 1.29 is 19.1 Å². The van der Waals surface area contributed by atoms with Crippen molar-refractivity contribution in [3.63, 3.8) is 0 Å². The minimum atomic E-state index is -0.158. The van der Waals surface area contributed by atoms with Crippen molar-refractivity contribution in [3.8, 4) is 5.75 Å². The van der Waals surface area contributed by atoms with E-state index < -0.39 is 0 Å². The molecule has 2 aromatic rings. The van der Waals surface area contributed by atoms with Gasteiger partial charge in [0.1, 0.15) is 5.75 Å². The number of anilines is 1. The molecule has 0 bridgehead atoms. The van der Waals surface area contributed by atoms with E-state index in [1.54, 1.807) is 19.2 Å². The van der Waals surface area contributed by atoms with E-state index in [9.17, 15) is 9.59 Å².